The van der Waals surface area contributed by atoms with Crippen molar-refractivity contribution in [2.45, 2.75) is 58.4 Å². The van der Waals surface area contributed by atoms with E-state index in [1.54, 1.807) is 0 Å². The van der Waals surface area contributed by atoms with Crippen molar-refractivity contribution in [3.05, 3.63) is 0 Å². The summed E-state index contributed by atoms with van der Waals surface area (Å²) in [6.07, 6.45) is 7.99. The molecule has 3 nitrogen and oxygen atoms in total. The summed E-state index contributed by atoms with van der Waals surface area (Å²) < 4.78 is 22.0. The molecule has 0 aliphatic carbocycles. The highest BCUT2D eigenvalue weighted by atomic mass is 32.2. The van der Waals surface area contributed by atoms with Gasteiger partial charge < -0.3 is 5.32 Å². The average Bonchev–Trinajstić information content (AvgIpc) is 2.16. The number of hydrogen-bond donors (Lipinski definition) is 1. The summed E-state index contributed by atoms with van der Waals surface area (Å²) in [6, 6.07) is 0.498. The fourth-order valence-electron chi connectivity index (χ4n) is 1.87. The Morgan fingerprint density at radius 3 is 2.19 bits per heavy atom. The van der Waals surface area contributed by atoms with Crippen LogP contribution in [-0.4, -0.2) is 33.0 Å². The minimum absolute atomic E-state index is 0.322. The molecule has 0 aliphatic rings. The first-order valence-electron chi connectivity index (χ1n) is 6.40. The normalized spacial score (nSPS) is 13.9. The summed E-state index contributed by atoms with van der Waals surface area (Å²) in [5.41, 5.74) is 0. The maximum absolute atomic E-state index is 11.0. The van der Waals surface area contributed by atoms with Crippen LogP contribution in [0.4, 0.5) is 0 Å². The van der Waals surface area contributed by atoms with Crippen LogP contribution in [0.5, 0.6) is 0 Å². The Morgan fingerprint density at radius 2 is 1.69 bits per heavy atom. The minimum Gasteiger partial charge on any atom is -0.314 e. The van der Waals surface area contributed by atoms with E-state index in [-0.39, 0.29) is 0 Å². The highest BCUT2D eigenvalue weighted by Crippen LogP contribution is 2.09. The van der Waals surface area contributed by atoms with Gasteiger partial charge in [-0.05, 0) is 25.8 Å². The smallest absolute Gasteiger partial charge is 0.147 e. The Morgan fingerprint density at radius 1 is 1.06 bits per heavy atom. The van der Waals surface area contributed by atoms with Gasteiger partial charge in [0, 0.05) is 18.1 Å². The quantitative estimate of drug-likeness (QED) is 0.605. The molecule has 98 valence electrons. The second kappa shape index (κ2) is 8.99. The molecule has 1 unspecified atom stereocenters. The van der Waals surface area contributed by atoms with Gasteiger partial charge in [-0.3, -0.25) is 0 Å². The third kappa shape index (κ3) is 10.4. The summed E-state index contributed by atoms with van der Waals surface area (Å²) in [5, 5.41) is 3.43. The molecule has 0 heterocycles. The van der Waals surface area contributed by atoms with Crippen molar-refractivity contribution in [1.82, 2.24) is 5.32 Å². The largest absolute Gasteiger partial charge is 0.314 e. The van der Waals surface area contributed by atoms with Gasteiger partial charge in [-0.25, -0.2) is 8.42 Å². The third-order valence-corrected chi connectivity index (χ3v) is 3.75. The van der Waals surface area contributed by atoms with E-state index in [0.29, 0.717) is 11.8 Å². The molecule has 1 N–H and O–H groups in total. The number of hydrogen-bond acceptors (Lipinski definition) is 3. The maximum Gasteiger partial charge on any atom is 0.147 e. The van der Waals surface area contributed by atoms with Crippen molar-refractivity contribution in [3.63, 3.8) is 0 Å². The predicted molar refractivity (Wildman–Crippen MR) is 70.6 cm³/mol. The van der Waals surface area contributed by atoms with Crippen LogP contribution >= 0.6 is 0 Å². The molecule has 0 amide bonds. The van der Waals surface area contributed by atoms with Gasteiger partial charge in [-0.15, -0.1) is 0 Å². The van der Waals surface area contributed by atoms with Crippen molar-refractivity contribution in [3.8, 4) is 0 Å². The summed E-state index contributed by atoms with van der Waals surface area (Å²) in [5.74, 6) is 0.322. The highest BCUT2D eigenvalue weighted by Gasteiger charge is 2.09. The van der Waals surface area contributed by atoms with Gasteiger partial charge >= 0.3 is 0 Å². The molecule has 0 aliphatic heterocycles. The highest BCUT2D eigenvalue weighted by molar-refractivity contribution is 7.90. The second-order valence-electron chi connectivity index (χ2n) is 4.52. The molecular formula is C12H27NO2S. The van der Waals surface area contributed by atoms with Crippen LogP contribution < -0.4 is 5.32 Å². The van der Waals surface area contributed by atoms with Gasteiger partial charge in [-0.2, -0.15) is 0 Å². The van der Waals surface area contributed by atoms with E-state index in [4.69, 9.17) is 0 Å². The summed E-state index contributed by atoms with van der Waals surface area (Å²) in [6.45, 7) is 5.27. The van der Waals surface area contributed by atoms with Crippen molar-refractivity contribution in [2.75, 3.05) is 18.6 Å². The van der Waals surface area contributed by atoms with Crippen molar-refractivity contribution in [2.24, 2.45) is 0 Å². The lowest BCUT2D eigenvalue weighted by Crippen LogP contribution is -2.29. The molecule has 0 saturated heterocycles. The molecule has 0 fully saturated rings. The van der Waals surface area contributed by atoms with Crippen molar-refractivity contribution >= 4 is 9.84 Å². The number of unbranched alkanes of at least 4 members (excludes halogenated alkanes) is 2. The van der Waals surface area contributed by atoms with Gasteiger partial charge in [0.1, 0.15) is 9.84 Å². The molecule has 0 radical (unpaired) electrons. The molecule has 0 rings (SSSR count). The van der Waals surface area contributed by atoms with E-state index in [9.17, 15) is 8.42 Å². The average molecular weight is 249 g/mol. The van der Waals surface area contributed by atoms with Crippen LogP contribution in [-0.2, 0) is 9.84 Å². The molecule has 16 heavy (non-hydrogen) atoms. The van der Waals surface area contributed by atoms with Gasteiger partial charge in [0.05, 0.1) is 0 Å². The number of sulfone groups is 1. The zero-order valence-electron chi connectivity index (χ0n) is 11.0. The van der Waals surface area contributed by atoms with Crippen molar-refractivity contribution < 1.29 is 8.42 Å². The molecule has 0 aromatic carbocycles. The fourth-order valence-corrected chi connectivity index (χ4v) is 2.56. The van der Waals surface area contributed by atoms with Gasteiger partial charge in [-0.1, -0.05) is 33.1 Å². The molecular weight excluding hydrogens is 222 g/mol. The van der Waals surface area contributed by atoms with Gasteiger partial charge in [0.2, 0.25) is 0 Å². The van der Waals surface area contributed by atoms with Crippen LogP contribution in [0.3, 0.4) is 0 Å². The van der Waals surface area contributed by atoms with Crippen LogP contribution in [0.25, 0.3) is 0 Å². The molecule has 0 bridgehead atoms. The molecule has 1 atom stereocenters. The summed E-state index contributed by atoms with van der Waals surface area (Å²) in [4.78, 5) is 0. The zero-order valence-corrected chi connectivity index (χ0v) is 11.8. The monoisotopic (exact) mass is 249 g/mol. The molecule has 0 aromatic rings. The number of rotatable bonds is 10. The lowest BCUT2D eigenvalue weighted by atomic mass is 10.0. The van der Waals surface area contributed by atoms with Crippen LogP contribution in [0.15, 0.2) is 0 Å². The topological polar surface area (TPSA) is 46.2 Å². The van der Waals surface area contributed by atoms with E-state index in [1.165, 1.54) is 31.9 Å². The van der Waals surface area contributed by atoms with E-state index in [0.717, 1.165) is 19.4 Å². The Kier molecular flexibility index (Phi) is 8.94. The minimum atomic E-state index is -2.79. The van der Waals surface area contributed by atoms with E-state index >= 15 is 0 Å². The number of nitrogens with one attached hydrogen (secondary N) is 1. The standard InChI is InChI=1S/C12H27NO2S/c1-4-6-7-9-12(13-5-2)10-8-11-16(3,14)15/h12-13H,4-11H2,1-3H3. The first-order chi connectivity index (χ1) is 7.49. The SMILES string of the molecule is CCCCCC(CCCS(C)(=O)=O)NCC. The summed E-state index contributed by atoms with van der Waals surface area (Å²) >= 11 is 0. The molecule has 4 heteroatoms. The Bertz CT molecular complexity index is 250. The van der Waals surface area contributed by atoms with Crippen molar-refractivity contribution in [1.29, 1.82) is 0 Å². The lowest BCUT2D eigenvalue weighted by Gasteiger charge is -2.17. The lowest BCUT2D eigenvalue weighted by molar-refractivity contribution is 0.440. The first-order valence-corrected chi connectivity index (χ1v) is 8.46. The predicted octanol–water partition coefficient (Wildman–Crippen LogP) is 2.37. The zero-order chi connectivity index (χ0) is 12.4. The van der Waals surface area contributed by atoms with Crippen LogP contribution in [0, 0.1) is 0 Å². The van der Waals surface area contributed by atoms with Crippen LogP contribution in [0.2, 0.25) is 0 Å². The molecule has 0 spiro atoms. The Balaban J connectivity index is 3.75. The molecule has 0 aromatic heterocycles. The van der Waals surface area contributed by atoms with E-state index in [2.05, 4.69) is 19.2 Å². The Labute approximate surface area is 101 Å². The first kappa shape index (κ1) is 15.9. The van der Waals surface area contributed by atoms with Crippen LogP contribution in [0.1, 0.15) is 52.4 Å². The van der Waals surface area contributed by atoms with Gasteiger partial charge in [0.25, 0.3) is 0 Å². The third-order valence-electron chi connectivity index (χ3n) is 2.72. The summed E-state index contributed by atoms with van der Waals surface area (Å²) in [7, 11) is -2.79. The van der Waals surface area contributed by atoms with E-state index in [1.807, 2.05) is 0 Å². The molecule has 0 saturated carbocycles. The maximum atomic E-state index is 11.0. The van der Waals surface area contributed by atoms with Gasteiger partial charge in [0.15, 0.2) is 0 Å². The second-order valence-corrected chi connectivity index (χ2v) is 6.78. The fraction of sp³-hybridized carbons (Fsp3) is 1.00. The van der Waals surface area contributed by atoms with E-state index < -0.39 is 9.84 Å². The Hall–Kier alpha value is -0.0900.